The Bertz CT molecular complexity index is 358. The number of amides is 2. The third kappa shape index (κ3) is 4.46. The number of H-pyrrole nitrogens is 1. The smallest absolute Gasteiger partial charge is 0.328 e. The third-order valence-electron chi connectivity index (χ3n) is 1.40. The molecule has 0 bridgehead atoms. The Kier molecular flexibility index (Phi) is 3.90. The molecule has 1 heterocycles. The second kappa shape index (κ2) is 5.43. The molecule has 4 N–H and O–H groups in total. The monoisotopic (exact) mass is 210 g/mol. The Morgan fingerprint density at radius 3 is 3.00 bits per heavy atom. The Balaban J connectivity index is 2.22. The molecule has 0 aliphatic rings. The molecule has 15 heavy (non-hydrogen) atoms. The zero-order valence-corrected chi connectivity index (χ0v) is 7.73. The Hall–Kier alpha value is -2.31. The second-order valence-electron chi connectivity index (χ2n) is 2.56. The molecule has 0 atom stereocenters. The highest BCUT2D eigenvalue weighted by atomic mass is 16.4. The molecule has 80 valence electrons. The topological polar surface area (TPSA) is 107 Å². The normalized spacial score (nSPS) is 10.1. The van der Waals surface area contributed by atoms with Crippen molar-refractivity contribution in [2.24, 2.45) is 0 Å². The number of hydrogen-bond acceptors (Lipinski definition) is 3. The van der Waals surface area contributed by atoms with E-state index in [0.29, 0.717) is 5.69 Å². The van der Waals surface area contributed by atoms with Gasteiger partial charge in [-0.05, 0) is 0 Å². The van der Waals surface area contributed by atoms with Crippen molar-refractivity contribution in [3.05, 3.63) is 24.5 Å². The summed E-state index contributed by atoms with van der Waals surface area (Å²) in [6.07, 6.45) is 5.26. The van der Waals surface area contributed by atoms with Crippen LogP contribution in [0.25, 0.3) is 0 Å². The number of carbonyl (C=O) groups excluding carboxylic acids is 1. The molecule has 0 fully saturated rings. The summed E-state index contributed by atoms with van der Waals surface area (Å²) in [7, 11) is 0. The molecule has 0 radical (unpaired) electrons. The van der Waals surface area contributed by atoms with Gasteiger partial charge in [-0.2, -0.15) is 5.10 Å². The van der Waals surface area contributed by atoms with E-state index in [1.54, 1.807) is 0 Å². The molecule has 0 unspecified atom stereocenters. The fourth-order valence-electron chi connectivity index (χ4n) is 0.806. The Morgan fingerprint density at radius 2 is 2.40 bits per heavy atom. The van der Waals surface area contributed by atoms with Crippen molar-refractivity contribution in [3.63, 3.8) is 0 Å². The van der Waals surface area contributed by atoms with Crippen molar-refractivity contribution in [1.82, 2.24) is 15.5 Å². The fraction of sp³-hybridized carbons (Fsp3) is 0.125. The molecule has 1 aromatic heterocycles. The summed E-state index contributed by atoms with van der Waals surface area (Å²) in [4.78, 5) is 21.2. The number of nitrogens with zero attached hydrogens (tertiary/aromatic N) is 1. The SMILES string of the molecule is O=C(O)/C=C/CNC(=O)Nc1cn[nH]c1. The van der Waals surface area contributed by atoms with Gasteiger partial charge in [0.25, 0.3) is 0 Å². The largest absolute Gasteiger partial charge is 0.478 e. The lowest BCUT2D eigenvalue weighted by Crippen LogP contribution is -2.28. The number of carbonyl (C=O) groups is 2. The fourth-order valence-corrected chi connectivity index (χ4v) is 0.806. The van der Waals surface area contributed by atoms with Crippen LogP contribution in [0.2, 0.25) is 0 Å². The summed E-state index contributed by atoms with van der Waals surface area (Å²) >= 11 is 0. The molecular formula is C8H10N4O3. The van der Waals surface area contributed by atoms with E-state index >= 15 is 0 Å². The van der Waals surface area contributed by atoms with Crippen molar-refractivity contribution in [2.75, 3.05) is 11.9 Å². The van der Waals surface area contributed by atoms with Gasteiger partial charge in [-0.1, -0.05) is 6.08 Å². The first kappa shape index (κ1) is 10.8. The van der Waals surface area contributed by atoms with Crippen molar-refractivity contribution in [1.29, 1.82) is 0 Å². The van der Waals surface area contributed by atoms with Gasteiger partial charge in [-0.15, -0.1) is 0 Å². The minimum absolute atomic E-state index is 0.149. The minimum Gasteiger partial charge on any atom is -0.478 e. The average Bonchev–Trinajstić information content (AvgIpc) is 2.64. The van der Waals surface area contributed by atoms with Crippen LogP contribution in [0.4, 0.5) is 10.5 Å². The van der Waals surface area contributed by atoms with Crippen LogP contribution in [0.1, 0.15) is 0 Å². The number of aromatic nitrogens is 2. The van der Waals surface area contributed by atoms with Crippen molar-refractivity contribution < 1.29 is 14.7 Å². The number of rotatable bonds is 4. The van der Waals surface area contributed by atoms with E-state index in [1.165, 1.54) is 18.5 Å². The predicted octanol–water partition coefficient (Wildman–Crippen LogP) is 0.172. The number of nitrogens with one attached hydrogen (secondary N) is 3. The van der Waals surface area contributed by atoms with Crippen molar-refractivity contribution >= 4 is 17.7 Å². The molecule has 0 spiro atoms. The molecule has 7 nitrogen and oxygen atoms in total. The van der Waals surface area contributed by atoms with Gasteiger partial charge in [0, 0.05) is 18.8 Å². The third-order valence-corrected chi connectivity index (χ3v) is 1.40. The summed E-state index contributed by atoms with van der Waals surface area (Å²) in [5.41, 5.74) is 0.537. The first-order valence-electron chi connectivity index (χ1n) is 4.11. The maximum atomic E-state index is 11.1. The van der Waals surface area contributed by atoms with Crippen LogP contribution in [0.3, 0.4) is 0 Å². The molecule has 0 saturated heterocycles. The molecule has 1 rings (SSSR count). The Morgan fingerprint density at radius 1 is 1.60 bits per heavy atom. The van der Waals surface area contributed by atoms with Gasteiger partial charge < -0.3 is 15.7 Å². The molecule has 0 aliphatic carbocycles. The molecule has 1 aromatic rings. The predicted molar refractivity (Wildman–Crippen MR) is 52.4 cm³/mol. The minimum atomic E-state index is -1.05. The summed E-state index contributed by atoms with van der Waals surface area (Å²) in [5, 5.41) is 19.3. The van der Waals surface area contributed by atoms with Crippen molar-refractivity contribution in [3.8, 4) is 0 Å². The zero-order valence-electron chi connectivity index (χ0n) is 7.73. The van der Waals surface area contributed by atoms with E-state index in [-0.39, 0.29) is 6.54 Å². The zero-order chi connectivity index (χ0) is 11.1. The number of hydrogen-bond donors (Lipinski definition) is 4. The standard InChI is InChI=1S/C8H10N4O3/c13-7(14)2-1-3-9-8(15)12-6-4-10-11-5-6/h1-2,4-5H,3H2,(H,10,11)(H,13,14)(H2,9,12,15)/b2-1+. The van der Waals surface area contributed by atoms with Gasteiger partial charge >= 0.3 is 12.0 Å². The second-order valence-corrected chi connectivity index (χ2v) is 2.56. The van der Waals surface area contributed by atoms with Crippen molar-refractivity contribution in [2.45, 2.75) is 0 Å². The maximum Gasteiger partial charge on any atom is 0.328 e. The van der Waals surface area contributed by atoms with Gasteiger partial charge in [0.2, 0.25) is 0 Å². The van der Waals surface area contributed by atoms with Gasteiger partial charge in [0.05, 0.1) is 11.9 Å². The van der Waals surface area contributed by atoms with Gasteiger partial charge in [-0.3, -0.25) is 5.10 Å². The summed E-state index contributed by atoms with van der Waals surface area (Å²) in [6.45, 7) is 0.149. The number of carboxylic acids is 1. The van der Waals surface area contributed by atoms with Gasteiger partial charge in [0.1, 0.15) is 0 Å². The van der Waals surface area contributed by atoms with E-state index in [4.69, 9.17) is 5.11 Å². The summed E-state index contributed by atoms with van der Waals surface area (Å²) < 4.78 is 0. The van der Waals surface area contributed by atoms with Crippen LogP contribution in [0, 0.1) is 0 Å². The molecule has 0 aliphatic heterocycles. The quantitative estimate of drug-likeness (QED) is 0.531. The van der Waals surface area contributed by atoms with Gasteiger partial charge in [0.15, 0.2) is 0 Å². The molecule has 0 saturated carbocycles. The average molecular weight is 210 g/mol. The van der Waals surface area contributed by atoms with E-state index in [1.807, 2.05) is 0 Å². The van der Waals surface area contributed by atoms with E-state index in [2.05, 4.69) is 20.8 Å². The number of urea groups is 1. The van der Waals surface area contributed by atoms with Crippen LogP contribution < -0.4 is 10.6 Å². The number of carboxylic acid groups (broad SMARTS) is 1. The lowest BCUT2D eigenvalue weighted by Gasteiger charge is -2.01. The lowest BCUT2D eigenvalue weighted by molar-refractivity contribution is -0.131. The van der Waals surface area contributed by atoms with Crippen LogP contribution in [0.5, 0.6) is 0 Å². The number of aromatic amines is 1. The van der Waals surface area contributed by atoms with E-state index in [9.17, 15) is 9.59 Å². The molecule has 0 aromatic carbocycles. The lowest BCUT2D eigenvalue weighted by atomic mass is 10.5. The van der Waals surface area contributed by atoms with Crippen LogP contribution in [0.15, 0.2) is 24.5 Å². The molecule has 7 heteroatoms. The Labute approximate surface area is 85.2 Å². The first-order valence-corrected chi connectivity index (χ1v) is 4.11. The van der Waals surface area contributed by atoms with E-state index < -0.39 is 12.0 Å². The first-order chi connectivity index (χ1) is 7.18. The maximum absolute atomic E-state index is 11.1. The van der Waals surface area contributed by atoms with Crippen LogP contribution in [-0.2, 0) is 4.79 Å². The summed E-state index contributed by atoms with van der Waals surface area (Å²) in [5.74, 6) is -1.05. The number of aliphatic carboxylic acids is 1. The van der Waals surface area contributed by atoms with Crippen LogP contribution in [-0.4, -0.2) is 33.8 Å². The molecular weight excluding hydrogens is 200 g/mol. The number of anilines is 1. The highest BCUT2D eigenvalue weighted by Crippen LogP contribution is 1.99. The van der Waals surface area contributed by atoms with Crippen LogP contribution >= 0.6 is 0 Å². The summed E-state index contributed by atoms with van der Waals surface area (Å²) in [6, 6.07) is -0.425. The highest BCUT2D eigenvalue weighted by Gasteiger charge is 1.99. The molecule has 2 amide bonds. The highest BCUT2D eigenvalue weighted by molar-refractivity contribution is 5.89. The van der Waals surface area contributed by atoms with E-state index in [0.717, 1.165) is 6.08 Å². The van der Waals surface area contributed by atoms with Gasteiger partial charge in [-0.25, -0.2) is 9.59 Å².